The van der Waals surface area contributed by atoms with Gasteiger partial charge < -0.3 is 10.5 Å². The number of anilines is 1. The van der Waals surface area contributed by atoms with Crippen LogP contribution in [0.5, 0.6) is 0 Å². The fourth-order valence-corrected chi connectivity index (χ4v) is 3.32. The van der Waals surface area contributed by atoms with E-state index in [0.717, 1.165) is 5.52 Å². The van der Waals surface area contributed by atoms with Crippen LogP contribution >= 0.6 is 0 Å². The Labute approximate surface area is 133 Å². The Morgan fingerprint density at radius 1 is 1.09 bits per heavy atom. The number of fused-ring (bicyclic) bond motifs is 1. The first-order valence-electron chi connectivity index (χ1n) is 6.94. The standard InChI is InChI=1S/C15H16N4O3S/c1-22-8-9-23(20,21)13-5-3-12(4-6-13)19-17-14-7-2-11(16)10-15(14)18-19/h2-7,10H,8-9,16H2,1H3. The van der Waals surface area contributed by atoms with Gasteiger partial charge in [-0.2, -0.15) is 4.80 Å². The van der Waals surface area contributed by atoms with Crippen molar-refractivity contribution in [2.45, 2.75) is 4.90 Å². The van der Waals surface area contributed by atoms with Crippen LogP contribution in [0.1, 0.15) is 0 Å². The summed E-state index contributed by atoms with van der Waals surface area (Å²) in [6, 6.07) is 11.7. The third-order valence-corrected chi connectivity index (χ3v) is 5.08. The van der Waals surface area contributed by atoms with E-state index in [-0.39, 0.29) is 17.3 Å². The minimum atomic E-state index is -3.34. The summed E-state index contributed by atoms with van der Waals surface area (Å²) in [5, 5.41) is 8.69. The van der Waals surface area contributed by atoms with E-state index in [4.69, 9.17) is 10.5 Å². The Bertz CT molecular complexity index is 933. The number of aromatic nitrogens is 3. The van der Waals surface area contributed by atoms with Gasteiger partial charge in [-0.1, -0.05) is 0 Å². The number of rotatable bonds is 5. The van der Waals surface area contributed by atoms with E-state index < -0.39 is 9.84 Å². The average Bonchev–Trinajstić information content (AvgIpc) is 2.96. The van der Waals surface area contributed by atoms with E-state index in [1.807, 2.05) is 0 Å². The molecule has 0 atom stereocenters. The van der Waals surface area contributed by atoms with Crippen LogP contribution in [-0.4, -0.2) is 42.9 Å². The molecular formula is C15H16N4O3S. The monoisotopic (exact) mass is 332 g/mol. The van der Waals surface area contributed by atoms with Gasteiger partial charge in [0.2, 0.25) is 0 Å². The molecule has 23 heavy (non-hydrogen) atoms. The second-order valence-corrected chi connectivity index (χ2v) is 7.15. The van der Waals surface area contributed by atoms with Gasteiger partial charge in [-0.3, -0.25) is 0 Å². The fraction of sp³-hybridized carbons (Fsp3) is 0.200. The molecule has 2 aromatic carbocycles. The number of hydrogen-bond acceptors (Lipinski definition) is 6. The van der Waals surface area contributed by atoms with Crippen LogP contribution in [0.25, 0.3) is 16.7 Å². The predicted molar refractivity (Wildman–Crippen MR) is 87.2 cm³/mol. The summed E-state index contributed by atoms with van der Waals surface area (Å²) >= 11 is 0. The number of methoxy groups -OCH3 is 1. The lowest BCUT2D eigenvalue weighted by molar-refractivity contribution is 0.217. The highest BCUT2D eigenvalue weighted by molar-refractivity contribution is 7.91. The number of nitrogens with two attached hydrogens (primary N) is 1. The van der Waals surface area contributed by atoms with Crippen molar-refractivity contribution >= 4 is 26.6 Å². The molecule has 8 heteroatoms. The average molecular weight is 332 g/mol. The Balaban J connectivity index is 1.91. The van der Waals surface area contributed by atoms with Crippen molar-refractivity contribution < 1.29 is 13.2 Å². The molecule has 3 aromatic rings. The van der Waals surface area contributed by atoms with Gasteiger partial charge in [0, 0.05) is 12.8 Å². The Morgan fingerprint density at radius 3 is 2.48 bits per heavy atom. The van der Waals surface area contributed by atoms with Crippen molar-refractivity contribution in [1.29, 1.82) is 0 Å². The zero-order valence-electron chi connectivity index (χ0n) is 12.5. The summed E-state index contributed by atoms with van der Waals surface area (Å²) < 4.78 is 29.0. The number of sulfone groups is 1. The Morgan fingerprint density at radius 2 is 1.78 bits per heavy atom. The van der Waals surface area contributed by atoms with Gasteiger partial charge in [-0.05, 0) is 42.5 Å². The maximum absolute atomic E-state index is 12.1. The molecular weight excluding hydrogens is 316 g/mol. The lowest BCUT2D eigenvalue weighted by atomic mass is 10.3. The highest BCUT2D eigenvalue weighted by Crippen LogP contribution is 2.17. The summed E-state index contributed by atoms with van der Waals surface area (Å²) in [4.78, 5) is 1.70. The van der Waals surface area contributed by atoms with Gasteiger partial charge in [0.25, 0.3) is 0 Å². The predicted octanol–water partition coefficient (Wildman–Crippen LogP) is 1.42. The minimum absolute atomic E-state index is 0.0496. The molecule has 0 unspecified atom stereocenters. The van der Waals surface area contributed by atoms with Crippen molar-refractivity contribution in [3.8, 4) is 5.69 Å². The largest absolute Gasteiger partial charge is 0.399 e. The fourth-order valence-electron chi connectivity index (χ4n) is 2.14. The minimum Gasteiger partial charge on any atom is -0.399 e. The van der Waals surface area contributed by atoms with Gasteiger partial charge >= 0.3 is 0 Å². The van der Waals surface area contributed by atoms with Crippen molar-refractivity contribution in [2.75, 3.05) is 25.2 Å². The van der Waals surface area contributed by atoms with Crippen LogP contribution in [0.4, 0.5) is 5.69 Å². The molecule has 0 fully saturated rings. The topological polar surface area (TPSA) is 100 Å². The molecule has 0 saturated carbocycles. The first kappa shape index (κ1) is 15.4. The molecule has 3 rings (SSSR count). The molecule has 2 N–H and O–H groups in total. The molecule has 0 aliphatic rings. The second-order valence-electron chi connectivity index (χ2n) is 5.04. The quantitative estimate of drug-likeness (QED) is 0.709. The van der Waals surface area contributed by atoms with Gasteiger partial charge in [-0.25, -0.2) is 8.42 Å². The van der Waals surface area contributed by atoms with Crippen molar-refractivity contribution in [3.63, 3.8) is 0 Å². The van der Waals surface area contributed by atoms with Crippen LogP contribution in [0.15, 0.2) is 47.4 Å². The lowest BCUT2D eigenvalue weighted by Gasteiger charge is -2.05. The summed E-state index contributed by atoms with van der Waals surface area (Å²) in [5.41, 5.74) is 8.41. The molecule has 0 amide bonds. The molecule has 1 heterocycles. The number of ether oxygens (including phenoxy) is 1. The molecule has 1 aromatic heterocycles. The van der Waals surface area contributed by atoms with Crippen LogP contribution in [0.2, 0.25) is 0 Å². The maximum atomic E-state index is 12.1. The SMILES string of the molecule is COCCS(=O)(=O)c1ccc(-n2nc3ccc(N)cc3n2)cc1. The third-order valence-electron chi connectivity index (χ3n) is 3.39. The summed E-state index contributed by atoms with van der Waals surface area (Å²) in [7, 11) is -1.87. The molecule has 0 bridgehead atoms. The second kappa shape index (κ2) is 5.98. The molecule has 0 aliphatic carbocycles. The van der Waals surface area contributed by atoms with E-state index >= 15 is 0 Å². The molecule has 0 spiro atoms. The Hall–Kier alpha value is -2.45. The highest BCUT2D eigenvalue weighted by Gasteiger charge is 2.14. The number of hydrogen-bond donors (Lipinski definition) is 1. The first-order chi connectivity index (χ1) is 11.0. The van der Waals surface area contributed by atoms with Crippen molar-refractivity contribution in [2.24, 2.45) is 0 Å². The van der Waals surface area contributed by atoms with E-state index in [2.05, 4.69) is 10.2 Å². The number of nitrogens with zero attached hydrogens (tertiary/aromatic N) is 3. The molecule has 0 saturated heterocycles. The molecule has 7 nitrogen and oxygen atoms in total. The van der Waals surface area contributed by atoms with Gasteiger partial charge in [0.15, 0.2) is 9.84 Å². The summed E-state index contributed by atoms with van der Waals surface area (Å²) in [6.07, 6.45) is 0. The normalized spacial score (nSPS) is 11.9. The van der Waals surface area contributed by atoms with Crippen LogP contribution in [0, 0.1) is 0 Å². The van der Waals surface area contributed by atoms with E-state index in [0.29, 0.717) is 16.9 Å². The van der Waals surface area contributed by atoms with Gasteiger partial charge in [0.1, 0.15) is 11.0 Å². The van der Waals surface area contributed by atoms with E-state index in [1.165, 1.54) is 11.9 Å². The van der Waals surface area contributed by atoms with Gasteiger partial charge in [0.05, 0.1) is 22.9 Å². The van der Waals surface area contributed by atoms with Crippen molar-refractivity contribution in [3.05, 3.63) is 42.5 Å². The summed E-state index contributed by atoms with van der Waals surface area (Å²) in [5.74, 6) is -0.0496. The lowest BCUT2D eigenvalue weighted by Crippen LogP contribution is -2.11. The van der Waals surface area contributed by atoms with E-state index in [1.54, 1.807) is 42.5 Å². The molecule has 0 aliphatic heterocycles. The third kappa shape index (κ3) is 3.17. The Kier molecular flexibility index (Phi) is 4.01. The zero-order chi connectivity index (χ0) is 16.4. The van der Waals surface area contributed by atoms with Crippen LogP contribution < -0.4 is 5.73 Å². The molecule has 0 radical (unpaired) electrons. The van der Waals surface area contributed by atoms with Crippen LogP contribution in [-0.2, 0) is 14.6 Å². The summed E-state index contributed by atoms with van der Waals surface area (Å²) in [6.45, 7) is 0.164. The molecule has 120 valence electrons. The zero-order valence-corrected chi connectivity index (χ0v) is 13.3. The van der Waals surface area contributed by atoms with Crippen LogP contribution in [0.3, 0.4) is 0 Å². The number of nitrogen functional groups attached to an aromatic ring is 1. The first-order valence-corrected chi connectivity index (χ1v) is 8.59. The number of benzene rings is 2. The van der Waals surface area contributed by atoms with Crippen molar-refractivity contribution in [1.82, 2.24) is 15.0 Å². The highest BCUT2D eigenvalue weighted by atomic mass is 32.2. The smallest absolute Gasteiger partial charge is 0.180 e. The maximum Gasteiger partial charge on any atom is 0.180 e. The van der Waals surface area contributed by atoms with E-state index in [9.17, 15) is 8.42 Å². The van der Waals surface area contributed by atoms with Gasteiger partial charge in [-0.15, -0.1) is 10.2 Å².